The third kappa shape index (κ3) is 4.91. The quantitative estimate of drug-likeness (QED) is 0.506. The van der Waals surface area contributed by atoms with Crippen molar-refractivity contribution in [2.24, 2.45) is 0 Å². The first-order valence-electron chi connectivity index (χ1n) is 9.93. The maximum atomic E-state index is 12.8. The van der Waals surface area contributed by atoms with E-state index in [2.05, 4.69) is 5.32 Å². The molecule has 0 spiro atoms. The van der Waals surface area contributed by atoms with Crippen LogP contribution >= 0.6 is 24.0 Å². The second kappa shape index (κ2) is 9.11. The maximum absolute atomic E-state index is 12.8. The van der Waals surface area contributed by atoms with Gasteiger partial charge in [0.15, 0.2) is 11.5 Å². The number of benzene rings is 2. The van der Waals surface area contributed by atoms with E-state index in [1.165, 1.54) is 17.3 Å². The molecule has 0 aliphatic carbocycles. The lowest BCUT2D eigenvalue weighted by Gasteiger charge is -2.14. The van der Waals surface area contributed by atoms with E-state index in [9.17, 15) is 9.59 Å². The Labute approximate surface area is 190 Å². The molecule has 2 aliphatic heterocycles. The van der Waals surface area contributed by atoms with E-state index in [0.717, 1.165) is 16.8 Å². The number of carbonyl (C=O) groups excluding carboxylic acids is 2. The first-order valence-corrected chi connectivity index (χ1v) is 11.2. The molecule has 0 atom stereocenters. The highest BCUT2D eigenvalue weighted by Crippen LogP contribution is 2.36. The Morgan fingerprint density at radius 3 is 2.77 bits per heavy atom. The first kappa shape index (κ1) is 21.4. The van der Waals surface area contributed by atoms with E-state index >= 15 is 0 Å². The summed E-state index contributed by atoms with van der Waals surface area (Å²) in [7, 11) is 0. The van der Waals surface area contributed by atoms with Crippen molar-refractivity contribution in [3.63, 3.8) is 0 Å². The first-order chi connectivity index (χ1) is 14.9. The summed E-state index contributed by atoms with van der Waals surface area (Å²) in [6, 6.07) is 11.4. The van der Waals surface area contributed by atoms with Crippen molar-refractivity contribution in [1.29, 1.82) is 0 Å². The van der Waals surface area contributed by atoms with Crippen LogP contribution in [0, 0.1) is 13.8 Å². The van der Waals surface area contributed by atoms with E-state index in [4.69, 9.17) is 21.7 Å². The molecule has 2 aromatic carbocycles. The van der Waals surface area contributed by atoms with E-state index in [0.29, 0.717) is 40.1 Å². The Morgan fingerprint density at radius 1 is 1.16 bits per heavy atom. The number of rotatable bonds is 6. The fourth-order valence-electron chi connectivity index (χ4n) is 3.29. The average molecular weight is 455 g/mol. The minimum Gasteiger partial charge on any atom is -0.454 e. The van der Waals surface area contributed by atoms with Gasteiger partial charge in [-0.3, -0.25) is 14.5 Å². The third-order valence-electron chi connectivity index (χ3n) is 5.14. The summed E-state index contributed by atoms with van der Waals surface area (Å²) >= 11 is 6.65. The molecule has 2 aliphatic rings. The molecule has 0 radical (unpaired) electrons. The van der Waals surface area contributed by atoms with Gasteiger partial charge in [-0.05, 0) is 67.3 Å². The second-order valence-corrected chi connectivity index (χ2v) is 9.07. The smallest absolute Gasteiger partial charge is 0.266 e. The highest BCUT2D eigenvalue weighted by atomic mass is 32.2. The number of anilines is 1. The molecule has 8 heteroatoms. The molecule has 2 heterocycles. The van der Waals surface area contributed by atoms with Crippen LogP contribution < -0.4 is 14.8 Å². The number of ether oxygens (including phenoxy) is 2. The van der Waals surface area contributed by atoms with Gasteiger partial charge in [0.2, 0.25) is 12.7 Å². The van der Waals surface area contributed by atoms with Gasteiger partial charge in [0.1, 0.15) is 4.32 Å². The number of carbonyl (C=O) groups is 2. The number of thiocarbonyl (C=S) groups is 1. The average Bonchev–Trinajstić information content (AvgIpc) is 3.30. The van der Waals surface area contributed by atoms with Gasteiger partial charge < -0.3 is 14.8 Å². The van der Waals surface area contributed by atoms with Gasteiger partial charge in [-0.2, -0.15) is 0 Å². The summed E-state index contributed by atoms with van der Waals surface area (Å²) in [5.41, 5.74) is 3.94. The largest absolute Gasteiger partial charge is 0.454 e. The van der Waals surface area contributed by atoms with Gasteiger partial charge >= 0.3 is 0 Å². The van der Waals surface area contributed by atoms with E-state index in [-0.39, 0.29) is 18.6 Å². The molecule has 0 saturated carbocycles. The molecule has 0 unspecified atom stereocenters. The summed E-state index contributed by atoms with van der Waals surface area (Å²) < 4.78 is 11.2. The number of nitrogens with zero attached hydrogens (tertiary/aromatic N) is 1. The van der Waals surface area contributed by atoms with Crippen molar-refractivity contribution >= 4 is 51.9 Å². The van der Waals surface area contributed by atoms with Crippen LogP contribution in [0.25, 0.3) is 6.08 Å². The van der Waals surface area contributed by atoms with Gasteiger partial charge in [0.05, 0.1) is 4.91 Å². The normalized spacial score (nSPS) is 16.3. The fourth-order valence-corrected chi connectivity index (χ4v) is 4.60. The molecule has 31 heavy (non-hydrogen) atoms. The van der Waals surface area contributed by atoms with Crippen molar-refractivity contribution in [3.05, 3.63) is 58.0 Å². The standard InChI is InChI=1S/C23H22N2O4S2/c1-14-5-7-17(10-15(14)2)24-21(26)4-3-9-25-22(27)20(31-23(25)30)12-16-6-8-18-19(11-16)29-13-28-18/h5-8,10-12H,3-4,9,13H2,1-2H3,(H,24,26)/b20-12+. The molecule has 1 N–H and O–H groups in total. The van der Waals surface area contributed by atoms with Crippen LogP contribution in [0.15, 0.2) is 41.3 Å². The van der Waals surface area contributed by atoms with Gasteiger partial charge in [0, 0.05) is 18.7 Å². The van der Waals surface area contributed by atoms with Gasteiger partial charge in [0.25, 0.3) is 5.91 Å². The maximum Gasteiger partial charge on any atom is 0.266 e. The van der Waals surface area contributed by atoms with Gasteiger partial charge in [-0.1, -0.05) is 36.1 Å². The number of nitrogens with one attached hydrogen (secondary N) is 1. The summed E-state index contributed by atoms with van der Waals surface area (Å²) in [5, 5.41) is 2.91. The molecule has 0 bridgehead atoms. The second-order valence-electron chi connectivity index (χ2n) is 7.40. The van der Waals surface area contributed by atoms with Crippen LogP contribution in [0.3, 0.4) is 0 Å². The molecule has 0 aromatic heterocycles. The predicted molar refractivity (Wildman–Crippen MR) is 126 cm³/mol. The van der Waals surface area contributed by atoms with Crippen LogP contribution in [-0.2, 0) is 9.59 Å². The van der Waals surface area contributed by atoms with Crippen molar-refractivity contribution in [3.8, 4) is 11.5 Å². The van der Waals surface area contributed by atoms with Crippen LogP contribution in [0.5, 0.6) is 11.5 Å². The summed E-state index contributed by atoms with van der Waals surface area (Å²) in [6.45, 7) is 4.66. The minimum absolute atomic E-state index is 0.0791. The third-order valence-corrected chi connectivity index (χ3v) is 6.52. The number of hydrogen-bond donors (Lipinski definition) is 1. The van der Waals surface area contributed by atoms with E-state index in [1.54, 1.807) is 11.0 Å². The van der Waals surface area contributed by atoms with Crippen molar-refractivity contribution < 1.29 is 19.1 Å². The highest BCUT2D eigenvalue weighted by molar-refractivity contribution is 8.26. The predicted octanol–water partition coefficient (Wildman–Crippen LogP) is 4.65. The molecule has 2 aromatic rings. The molecule has 4 rings (SSSR count). The Kier molecular flexibility index (Phi) is 6.29. The molecule has 6 nitrogen and oxygen atoms in total. The molecular formula is C23H22N2O4S2. The zero-order valence-electron chi connectivity index (χ0n) is 17.3. The number of amides is 2. The number of hydrogen-bond acceptors (Lipinski definition) is 6. The molecule has 2 amide bonds. The van der Waals surface area contributed by atoms with Crippen LogP contribution in [0.2, 0.25) is 0 Å². The number of aryl methyl sites for hydroxylation is 2. The molecular weight excluding hydrogens is 432 g/mol. The minimum atomic E-state index is -0.137. The zero-order valence-corrected chi connectivity index (χ0v) is 18.9. The van der Waals surface area contributed by atoms with Crippen molar-refractivity contribution in [1.82, 2.24) is 4.90 Å². The Morgan fingerprint density at radius 2 is 1.97 bits per heavy atom. The Bertz CT molecular complexity index is 1100. The molecule has 160 valence electrons. The zero-order chi connectivity index (χ0) is 22.0. The van der Waals surface area contributed by atoms with Crippen molar-refractivity contribution in [2.75, 3.05) is 18.7 Å². The lowest BCUT2D eigenvalue weighted by atomic mass is 10.1. The van der Waals surface area contributed by atoms with Crippen LogP contribution in [-0.4, -0.2) is 34.4 Å². The lowest BCUT2D eigenvalue weighted by Crippen LogP contribution is -2.29. The van der Waals surface area contributed by atoms with Crippen molar-refractivity contribution in [2.45, 2.75) is 26.7 Å². The molecule has 1 saturated heterocycles. The van der Waals surface area contributed by atoms with Crippen LogP contribution in [0.4, 0.5) is 5.69 Å². The number of thioether (sulfide) groups is 1. The lowest BCUT2D eigenvalue weighted by molar-refractivity contribution is -0.122. The summed E-state index contributed by atoms with van der Waals surface area (Å²) in [5.74, 6) is 1.15. The fraction of sp³-hybridized carbons (Fsp3) is 0.261. The SMILES string of the molecule is Cc1ccc(NC(=O)CCCN2C(=O)/C(=C\c3ccc4c(c3)OCO4)SC2=S)cc1C. The Hall–Kier alpha value is -2.84. The highest BCUT2D eigenvalue weighted by Gasteiger charge is 2.31. The monoisotopic (exact) mass is 454 g/mol. The van der Waals surface area contributed by atoms with E-state index < -0.39 is 0 Å². The topological polar surface area (TPSA) is 67.9 Å². The summed E-state index contributed by atoms with van der Waals surface area (Å²) in [6.07, 6.45) is 2.64. The molecule has 1 fully saturated rings. The summed E-state index contributed by atoms with van der Waals surface area (Å²) in [4.78, 5) is 27.2. The Balaban J connectivity index is 1.32. The number of fused-ring (bicyclic) bond motifs is 1. The van der Waals surface area contributed by atoms with Crippen LogP contribution in [0.1, 0.15) is 29.5 Å². The van der Waals surface area contributed by atoms with Gasteiger partial charge in [-0.15, -0.1) is 0 Å². The van der Waals surface area contributed by atoms with Gasteiger partial charge in [-0.25, -0.2) is 0 Å². The van der Waals surface area contributed by atoms with E-state index in [1.807, 2.05) is 50.2 Å².